The fourth-order valence-electron chi connectivity index (χ4n) is 3.96. The van der Waals surface area contributed by atoms with E-state index in [4.69, 9.17) is 21.1 Å². The van der Waals surface area contributed by atoms with Crippen molar-refractivity contribution in [2.75, 3.05) is 18.5 Å². The molecule has 0 radical (unpaired) electrons. The molecule has 1 amide bonds. The van der Waals surface area contributed by atoms with Crippen molar-refractivity contribution >= 4 is 39.4 Å². The summed E-state index contributed by atoms with van der Waals surface area (Å²) in [6.45, 7) is 1.82. The number of carbonyl (C=O) groups is 1. The number of nitrogens with one attached hydrogen (secondary N) is 1. The summed E-state index contributed by atoms with van der Waals surface area (Å²) in [5, 5.41) is 4.49. The van der Waals surface area contributed by atoms with Crippen molar-refractivity contribution in [3.8, 4) is 11.5 Å². The van der Waals surface area contributed by atoms with Gasteiger partial charge in [0.2, 0.25) is 0 Å². The molecule has 0 aliphatic carbocycles. The van der Waals surface area contributed by atoms with Crippen LogP contribution < -0.4 is 19.2 Å². The first-order valence-corrected chi connectivity index (χ1v) is 14.0. The number of carbonyl (C=O) groups excluding carboxylic acids is 1. The van der Waals surface area contributed by atoms with Gasteiger partial charge in [0.05, 0.1) is 37.6 Å². The Kier molecular flexibility index (Phi) is 9.08. The van der Waals surface area contributed by atoms with E-state index in [0.717, 1.165) is 0 Å². The summed E-state index contributed by atoms with van der Waals surface area (Å²) in [6.07, 6.45) is 1.48. The lowest BCUT2D eigenvalue weighted by atomic mass is 10.1. The zero-order chi connectivity index (χ0) is 28.7. The molecule has 0 heterocycles. The molecule has 206 valence electrons. The van der Waals surface area contributed by atoms with Gasteiger partial charge in [-0.2, -0.15) is 5.10 Å². The second kappa shape index (κ2) is 12.7. The summed E-state index contributed by atoms with van der Waals surface area (Å²) in [5.41, 5.74) is 5.32. The number of hydrogen-bond donors (Lipinski definition) is 1. The first-order valence-electron chi connectivity index (χ1n) is 12.2. The van der Waals surface area contributed by atoms with Gasteiger partial charge in [0.15, 0.2) is 0 Å². The van der Waals surface area contributed by atoms with E-state index in [2.05, 4.69) is 10.5 Å². The van der Waals surface area contributed by atoms with E-state index in [0.29, 0.717) is 44.5 Å². The lowest BCUT2D eigenvalue weighted by Crippen LogP contribution is -2.31. The minimum Gasteiger partial charge on any atom is -0.497 e. The highest BCUT2D eigenvalue weighted by Gasteiger charge is 2.27. The first-order chi connectivity index (χ1) is 19.2. The standard InChI is InChI=1S/C30H28ClN3O5S/c1-21-27(31)10-7-11-28(21)34(40(36,37)26-8-5-4-6-9-26)20-22-12-14-23(15-13-22)30(35)33-32-19-24-16-17-25(38-2)18-29(24)39-3/h4-19H,20H2,1-3H3,(H,33,35)/b32-19-. The number of amides is 1. The van der Waals surface area contributed by atoms with E-state index in [1.165, 1.54) is 17.6 Å². The van der Waals surface area contributed by atoms with E-state index < -0.39 is 15.9 Å². The Morgan fingerprint density at radius 3 is 2.35 bits per heavy atom. The van der Waals surface area contributed by atoms with Gasteiger partial charge in [0.1, 0.15) is 11.5 Å². The lowest BCUT2D eigenvalue weighted by Gasteiger charge is -2.26. The van der Waals surface area contributed by atoms with E-state index >= 15 is 0 Å². The molecule has 8 nitrogen and oxygen atoms in total. The Balaban J connectivity index is 1.54. The molecule has 0 aliphatic rings. The van der Waals surface area contributed by atoms with Crippen molar-refractivity contribution in [3.05, 3.63) is 118 Å². The van der Waals surface area contributed by atoms with Crippen LogP contribution in [-0.4, -0.2) is 34.8 Å². The first kappa shape index (κ1) is 28.7. The number of hydrazone groups is 1. The van der Waals surface area contributed by atoms with Crippen LogP contribution in [0.4, 0.5) is 5.69 Å². The number of methoxy groups -OCH3 is 2. The number of rotatable bonds is 10. The van der Waals surface area contributed by atoms with Crippen LogP contribution in [0.1, 0.15) is 27.0 Å². The zero-order valence-electron chi connectivity index (χ0n) is 22.2. The van der Waals surface area contributed by atoms with Gasteiger partial charge in [-0.05, 0) is 66.6 Å². The number of ether oxygens (including phenoxy) is 2. The predicted octanol–water partition coefficient (Wildman–Crippen LogP) is 5.83. The molecule has 0 fully saturated rings. The average molecular weight is 578 g/mol. The summed E-state index contributed by atoms with van der Waals surface area (Å²) in [5.74, 6) is 0.764. The molecule has 0 saturated carbocycles. The number of nitrogens with zero attached hydrogens (tertiary/aromatic N) is 2. The van der Waals surface area contributed by atoms with Crippen molar-refractivity contribution < 1.29 is 22.7 Å². The van der Waals surface area contributed by atoms with Crippen molar-refractivity contribution in [1.82, 2.24) is 5.43 Å². The average Bonchev–Trinajstić information content (AvgIpc) is 2.98. The second-order valence-corrected chi connectivity index (χ2v) is 11.0. The summed E-state index contributed by atoms with van der Waals surface area (Å²) < 4.78 is 39.2. The molecule has 0 saturated heterocycles. The monoisotopic (exact) mass is 577 g/mol. The van der Waals surface area contributed by atoms with Crippen LogP contribution in [0.3, 0.4) is 0 Å². The van der Waals surface area contributed by atoms with E-state index in [9.17, 15) is 13.2 Å². The van der Waals surface area contributed by atoms with Crippen LogP contribution in [0.15, 0.2) is 101 Å². The molecule has 0 unspecified atom stereocenters. The van der Waals surface area contributed by atoms with Gasteiger partial charge in [-0.15, -0.1) is 0 Å². The molecule has 40 heavy (non-hydrogen) atoms. The maximum atomic E-state index is 13.7. The van der Waals surface area contributed by atoms with Crippen molar-refractivity contribution in [1.29, 1.82) is 0 Å². The van der Waals surface area contributed by atoms with Gasteiger partial charge in [0, 0.05) is 22.2 Å². The third-order valence-corrected chi connectivity index (χ3v) is 8.38. The molecule has 0 bridgehead atoms. The third-order valence-electron chi connectivity index (χ3n) is 6.19. The molecule has 0 aromatic heterocycles. The summed E-state index contributed by atoms with van der Waals surface area (Å²) in [6, 6.07) is 25.3. The predicted molar refractivity (Wildman–Crippen MR) is 157 cm³/mol. The molecule has 4 rings (SSSR count). The topological polar surface area (TPSA) is 97.3 Å². The number of halogens is 1. The molecule has 10 heteroatoms. The molecule has 1 N–H and O–H groups in total. The third kappa shape index (κ3) is 6.44. The van der Waals surface area contributed by atoms with Crippen LogP contribution >= 0.6 is 11.6 Å². The quantitative estimate of drug-likeness (QED) is 0.189. The van der Waals surface area contributed by atoms with Gasteiger partial charge < -0.3 is 9.47 Å². The van der Waals surface area contributed by atoms with Gasteiger partial charge in [-0.1, -0.05) is 48.0 Å². The summed E-state index contributed by atoms with van der Waals surface area (Å²) in [7, 11) is -0.813. The lowest BCUT2D eigenvalue weighted by molar-refractivity contribution is 0.0955. The number of sulfonamides is 1. The molecule has 0 spiro atoms. The minimum absolute atomic E-state index is 0.0374. The molecular formula is C30H28ClN3O5S. The SMILES string of the molecule is COc1ccc(/C=N\NC(=O)c2ccc(CN(c3cccc(Cl)c3C)S(=O)(=O)c3ccccc3)cc2)c(OC)c1. The van der Waals surface area contributed by atoms with E-state index in [-0.39, 0.29) is 11.4 Å². The number of hydrogen-bond acceptors (Lipinski definition) is 6. The Hall–Kier alpha value is -4.34. The highest BCUT2D eigenvalue weighted by Crippen LogP contribution is 2.32. The van der Waals surface area contributed by atoms with Crippen molar-refractivity contribution in [2.45, 2.75) is 18.4 Å². The van der Waals surface area contributed by atoms with Crippen molar-refractivity contribution in [2.24, 2.45) is 5.10 Å². The molecule has 0 aliphatic heterocycles. The van der Waals surface area contributed by atoms with Crippen LogP contribution in [0.5, 0.6) is 11.5 Å². The highest BCUT2D eigenvalue weighted by atomic mass is 35.5. The van der Waals surface area contributed by atoms with Gasteiger partial charge >= 0.3 is 0 Å². The largest absolute Gasteiger partial charge is 0.497 e. The van der Waals surface area contributed by atoms with Crippen LogP contribution in [0.25, 0.3) is 0 Å². The van der Waals surface area contributed by atoms with E-state index in [1.807, 2.05) is 0 Å². The molecule has 0 atom stereocenters. The summed E-state index contributed by atoms with van der Waals surface area (Å²) in [4.78, 5) is 12.8. The van der Waals surface area contributed by atoms with Crippen molar-refractivity contribution in [3.63, 3.8) is 0 Å². The number of anilines is 1. The zero-order valence-corrected chi connectivity index (χ0v) is 23.7. The second-order valence-electron chi connectivity index (χ2n) is 8.71. The Labute approximate surface area is 238 Å². The smallest absolute Gasteiger partial charge is 0.271 e. The fraction of sp³-hybridized carbons (Fsp3) is 0.133. The normalized spacial score (nSPS) is 11.3. The van der Waals surface area contributed by atoms with Gasteiger partial charge in [-0.25, -0.2) is 13.8 Å². The van der Waals surface area contributed by atoms with Crippen LogP contribution in [0.2, 0.25) is 5.02 Å². The Morgan fingerprint density at radius 2 is 1.68 bits per heavy atom. The Bertz CT molecular complexity index is 1630. The summed E-state index contributed by atoms with van der Waals surface area (Å²) >= 11 is 6.33. The number of benzene rings is 4. The maximum absolute atomic E-state index is 13.7. The van der Waals surface area contributed by atoms with Gasteiger partial charge in [-0.3, -0.25) is 9.10 Å². The van der Waals surface area contributed by atoms with Crippen LogP contribution in [0, 0.1) is 6.92 Å². The highest BCUT2D eigenvalue weighted by molar-refractivity contribution is 7.92. The molecule has 4 aromatic carbocycles. The van der Waals surface area contributed by atoms with E-state index in [1.54, 1.807) is 105 Å². The minimum atomic E-state index is -3.91. The maximum Gasteiger partial charge on any atom is 0.271 e. The molecular weight excluding hydrogens is 550 g/mol. The molecule has 4 aromatic rings. The van der Waals surface area contributed by atoms with Gasteiger partial charge in [0.25, 0.3) is 15.9 Å². The van der Waals surface area contributed by atoms with Crippen LogP contribution in [-0.2, 0) is 16.6 Å². The fourth-order valence-corrected chi connectivity index (χ4v) is 5.66. The Morgan fingerprint density at radius 1 is 0.950 bits per heavy atom.